The van der Waals surface area contributed by atoms with Crippen molar-refractivity contribution in [1.82, 2.24) is 10.6 Å². The van der Waals surface area contributed by atoms with Crippen molar-refractivity contribution in [3.8, 4) is 0 Å². The molecule has 138 valence electrons. The van der Waals surface area contributed by atoms with Crippen LogP contribution in [0, 0.1) is 5.82 Å². The first-order valence-corrected chi connectivity index (χ1v) is 8.78. The van der Waals surface area contributed by atoms with Gasteiger partial charge in [0.1, 0.15) is 10.7 Å². The zero-order valence-corrected chi connectivity index (χ0v) is 15.0. The summed E-state index contributed by atoms with van der Waals surface area (Å²) < 4.78 is 19.8. The molecule has 2 aromatic carbocycles. The molecule has 0 spiro atoms. The van der Waals surface area contributed by atoms with Crippen molar-refractivity contribution in [1.29, 1.82) is 0 Å². The predicted molar refractivity (Wildman–Crippen MR) is 99.0 cm³/mol. The molecule has 0 aliphatic heterocycles. The second kappa shape index (κ2) is 7.96. The molecule has 0 saturated heterocycles. The first kappa shape index (κ1) is 18.5. The third kappa shape index (κ3) is 4.12. The maximum Gasteiger partial charge on any atom is 0.349 e. The Hall–Kier alpha value is -3.26. The number of fused-ring (bicyclic) bond motifs is 1. The molecule has 3 aromatic rings. The highest BCUT2D eigenvalue weighted by atomic mass is 32.1. The summed E-state index contributed by atoms with van der Waals surface area (Å²) in [6.45, 7) is 0. The third-order valence-electron chi connectivity index (χ3n) is 3.74. The Morgan fingerprint density at radius 3 is 2.48 bits per heavy atom. The summed E-state index contributed by atoms with van der Waals surface area (Å²) in [4.78, 5) is 36.6. The van der Waals surface area contributed by atoms with E-state index in [0.29, 0.717) is 15.6 Å². The molecule has 3 amide bonds. The number of urea groups is 1. The maximum atomic E-state index is 13.8. The number of ether oxygens (including phenoxy) is 1. The van der Waals surface area contributed by atoms with Gasteiger partial charge in [-0.3, -0.25) is 10.1 Å². The highest BCUT2D eigenvalue weighted by molar-refractivity contribution is 7.20. The SMILES string of the molecule is CNC(=O)NC(=O)[C@@H](OC(=O)c1cc2c(F)cccc2s1)c1ccccc1. The number of amides is 3. The smallest absolute Gasteiger partial charge is 0.349 e. The Bertz CT molecular complexity index is 1000. The summed E-state index contributed by atoms with van der Waals surface area (Å²) in [7, 11) is 1.36. The number of carbonyl (C=O) groups is 3. The molecule has 0 bridgehead atoms. The Kier molecular flexibility index (Phi) is 5.46. The van der Waals surface area contributed by atoms with Crippen molar-refractivity contribution in [3.05, 3.63) is 70.9 Å². The molecule has 1 heterocycles. The molecule has 1 aromatic heterocycles. The molecule has 0 fully saturated rings. The molecule has 0 aliphatic carbocycles. The highest BCUT2D eigenvalue weighted by Gasteiger charge is 2.27. The van der Waals surface area contributed by atoms with E-state index >= 15 is 0 Å². The van der Waals surface area contributed by atoms with Crippen molar-refractivity contribution in [3.63, 3.8) is 0 Å². The fourth-order valence-corrected chi connectivity index (χ4v) is 3.39. The average molecular weight is 386 g/mol. The molecule has 8 heteroatoms. The first-order chi connectivity index (χ1) is 13.0. The van der Waals surface area contributed by atoms with Crippen LogP contribution in [0.2, 0.25) is 0 Å². The zero-order valence-electron chi connectivity index (χ0n) is 14.2. The van der Waals surface area contributed by atoms with Crippen molar-refractivity contribution < 1.29 is 23.5 Å². The minimum atomic E-state index is -1.33. The molecular formula is C19H15FN2O4S. The van der Waals surface area contributed by atoms with Gasteiger partial charge >= 0.3 is 12.0 Å². The van der Waals surface area contributed by atoms with Crippen molar-refractivity contribution in [2.45, 2.75) is 6.10 Å². The van der Waals surface area contributed by atoms with Crippen LogP contribution in [-0.2, 0) is 9.53 Å². The van der Waals surface area contributed by atoms with Gasteiger partial charge in [-0.15, -0.1) is 11.3 Å². The van der Waals surface area contributed by atoms with Crippen LogP contribution in [0.15, 0.2) is 54.6 Å². The van der Waals surface area contributed by atoms with Gasteiger partial charge in [0.25, 0.3) is 5.91 Å². The van der Waals surface area contributed by atoms with E-state index in [1.807, 2.05) is 0 Å². The number of esters is 1. The van der Waals surface area contributed by atoms with Crippen LogP contribution in [0.1, 0.15) is 21.3 Å². The Balaban J connectivity index is 1.88. The lowest BCUT2D eigenvalue weighted by Gasteiger charge is -2.17. The van der Waals surface area contributed by atoms with Gasteiger partial charge in [-0.1, -0.05) is 36.4 Å². The lowest BCUT2D eigenvalue weighted by molar-refractivity contribution is -0.129. The van der Waals surface area contributed by atoms with Gasteiger partial charge in [0, 0.05) is 22.7 Å². The molecular weight excluding hydrogens is 371 g/mol. The largest absolute Gasteiger partial charge is 0.443 e. The van der Waals surface area contributed by atoms with E-state index in [1.165, 1.54) is 19.2 Å². The quantitative estimate of drug-likeness (QED) is 0.673. The molecule has 0 saturated carbocycles. The number of benzene rings is 2. The predicted octanol–water partition coefficient (Wildman–Crippen LogP) is 3.39. The maximum absolute atomic E-state index is 13.8. The number of carbonyl (C=O) groups excluding carboxylic acids is 3. The molecule has 27 heavy (non-hydrogen) atoms. The molecule has 0 unspecified atom stereocenters. The number of hydrogen-bond donors (Lipinski definition) is 2. The zero-order chi connectivity index (χ0) is 19.4. The molecule has 2 N–H and O–H groups in total. The summed E-state index contributed by atoms with van der Waals surface area (Å²) in [6.07, 6.45) is -1.33. The minimum absolute atomic E-state index is 0.156. The lowest BCUT2D eigenvalue weighted by Crippen LogP contribution is -2.41. The molecule has 3 rings (SSSR count). The highest BCUT2D eigenvalue weighted by Crippen LogP contribution is 2.29. The van der Waals surface area contributed by atoms with Crippen molar-refractivity contribution in [2.24, 2.45) is 0 Å². The Morgan fingerprint density at radius 1 is 1.07 bits per heavy atom. The van der Waals surface area contributed by atoms with Gasteiger partial charge < -0.3 is 10.1 Å². The monoisotopic (exact) mass is 386 g/mol. The first-order valence-electron chi connectivity index (χ1n) is 7.96. The summed E-state index contributed by atoms with van der Waals surface area (Å²) in [5.74, 6) is -2.02. The number of thiophene rings is 1. The molecule has 0 aliphatic rings. The summed E-state index contributed by atoms with van der Waals surface area (Å²) in [5, 5.41) is 4.66. The number of nitrogens with one attached hydrogen (secondary N) is 2. The van der Waals surface area contributed by atoms with Crippen LogP contribution < -0.4 is 10.6 Å². The van der Waals surface area contributed by atoms with Gasteiger partial charge in [-0.2, -0.15) is 0 Å². The van der Waals surface area contributed by atoms with Crippen LogP contribution in [-0.4, -0.2) is 25.0 Å². The van der Waals surface area contributed by atoms with Crippen LogP contribution in [0.25, 0.3) is 10.1 Å². The van der Waals surface area contributed by atoms with Crippen molar-refractivity contribution in [2.75, 3.05) is 7.05 Å². The van der Waals surface area contributed by atoms with Gasteiger partial charge in [-0.05, 0) is 18.2 Å². The third-order valence-corrected chi connectivity index (χ3v) is 4.82. The van der Waals surface area contributed by atoms with E-state index in [4.69, 9.17) is 4.74 Å². The van der Waals surface area contributed by atoms with E-state index < -0.39 is 29.8 Å². The van der Waals surface area contributed by atoms with Gasteiger partial charge in [0.2, 0.25) is 6.10 Å². The Labute approximate surface area is 157 Å². The molecule has 6 nitrogen and oxygen atoms in total. The normalized spacial score (nSPS) is 11.6. The van der Waals surface area contributed by atoms with E-state index in [-0.39, 0.29) is 4.88 Å². The van der Waals surface area contributed by atoms with E-state index in [1.54, 1.807) is 42.5 Å². The molecule has 0 radical (unpaired) electrons. The van der Waals surface area contributed by atoms with Gasteiger partial charge in [0.05, 0.1) is 0 Å². The lowest BCUT2D eigenvalue weighted by atomic mass is 10.1. The fraction of sp³-hybridized carbons (Fsp3) is 0.105. The second-order valence-electron chi connectivity index (χ2n) is 5.53. The topological polar surface area (TPSA) is 84.5 Å². The van der Waals surface area contributed by atoms with Crippen LogP contribution in [0.4, 0.5) is 9.18 Å². The molecule has 1 atom stereocenters. The standard InChI is InChI=1S/C19H15FN2O4S/c1-21-19(25)22-17(23)16(11-6-3-2-4-7-11)26-18(24)15-10-12-13(20)8-5-9-14(12)27-15/h2-10,16H,1H3,(H2,21,22,23,25)/t16-/m0/s1. The van der Waals surface area contributed by atoms with Crippen LogP contribution >= 0.6 is 11.3 Å². The minimum Gasteiger partial charge on any atom is -0.443 e. The second-order valence-corrected chi connectivity index (χ2v) is 6.61. The van der Waals surface area contributed by atoms with Crippen molar-refractivity contribution >= 4 is 39.3 Å². The average Bonchev–Trinajstić information content (AvgIpc) is 3.12. The van der Waals surface area contributed by atoms with Crippen LogP contribution in [0.3, 0.4) is 0 Å². The van der Waals surface area contributed by atoms with Gasteiger partial charge in [-0.25, -0.2) is 14.0 Å². The summed E-state index contributed by atoms with van der Waals surface area (Å²) in [6, 6.07) is 13.5. The number of halogens is 1. The number of hydrogen-bond acceptors (Lipinski definition) is 5. The van der Waals surface area contributed by atoms with E-state index in [2.05, 4.69) is 10.6 Å². The Morgan fingerprint density at radius 2 is 1.81 bits per heavy atom. The number of rotatable bonds is 4. The fourth-order valence-electron chi connectivity index (χ4n) is 2.43. The van der Waals surface area contributed by atoms with Crippen LogP contribution in [0.5, 0.6) is 0 Å². The summed E-state index contributed by atoms with van der Waals surface area (Å²) in [5.41, 5.74) is 0.402. The summed E-state index contributed by atoms with van der Waals surface area (Å²) >= 11 is 1.06. The van der Waals surface area contributed by atoms with E-state index in [0.717, 1.165) is 11.3 Å². The van der Waals surface area contributed by atoms with Gasteiger partial charge in [0.15, 0.2) is 0 Å². The van der Waals surface area contributed by atoms with E-state index in [9.17, 15) is 18.8 Å². The number of imide groups is 1.